The van der Waals surface area contributed by atoms with E-state index in [2.05, 4.69) is 5.32 Å². The molecule has 0 aliphatic heterocycles. The van der Waals surface area contributed by atoms with Crippen LogP contribution < -0.4 is 25.6 Å². The number of hydrogen-bond donors (Lipinski definition) is 2. The summed E-state index contributed by atoms with van der Waals surface area (Å²) in [6.45, 7) is -0.168. The van der Waals surface area contributed by atoms with E-state index in [4.69, 9.17) is 9.47 Å². The van der Waals surface area contributed by atoms with Gasteiger partial charge in [-0.1, -0.05) is 36.4 Å². The Labute approximate surface area is 156 Å². The molecule has 0 bridgehead atoms. The molecular formula is C21H21NO5. The smallest absolute Gasteiger partial charge is 0.250 e. The second kappa shape index (κ2) is 8.05. The predicted molar refractivity (Wildman–Crippen MR) is 105 cm³/mol. The van der Waals surface area contributed by atoms with Crippen LogP contribution >= 0.6 is 0 Å². The fraction of sp³-hybridized carbons (Fsp3) is 0.238. The average Bonchev–Trinajstić information content (AvgIpc) is 2.72. The summed E-state index contributed by atoms with van der Waals surface area (Å²) in [6, 6.07) is 14.3. The molecule has 140 valence electrons. The first-order valence-corrected chi connectivity index (χ1v) is 8.56. The number of ether oxygens (including phenoxy) is 2. The molecule has 27 heavy (non-hydrogen) atoms. The highest BCUT2D eigenvalue weighted by Crippen LogP contribution is 2.33. The minimum atomic E-state index is -0.578. The van der Waals surface area contributed by atoms with Gasteiger partial charge in [0.25, 0.3) is 0 Å². The molecule has 3 aromatic carbocycles. The summed E-state index contributed by atoms with van der Waals surface area (Å²) < 4.78 is 10.5. The van der Waals surface area contributed by atoms with Gasteiger partial charge in [0.15, 0.2) is 11.5 Å². The van der Waals surface area contributed by atoms with Crippen molar-refractivity contribution in [2.45, 2.75) is 12.5 Å². The summed E-state index contributed by atoms with van der Waals surface area (Å²) in [5, 5.41) is 12.7. The fourth-order valence-corrected chi connectivity index (χ4v) is 3.06. The normalized spacial score (nSPS) is 12.0. The summed E-state index contributed by atoms with van der Waals surface area (Å²) >= 11 is 0. The Morgan fingerprint density at radius 1 is 0.963 bits per heavy atom. The molecular weight excluding hydrogens is 346 g/mol. The van der Waals surface area contributed by atoms with Crippen molar-refractivity contribution in [1.82, 2.24) is 0 Å². The Bertz CT molecular complexity index is 990. The molecule has 0 spiro atoms. The summed E-state index contributed by atoms with van der Waals surface area (Å²) in [6.07, 6.45) is 0.529. The highest BCUT2D eigenvalue weighted by atomic mass is 16.5. The lowest BCUT2D eigenvalue weighted by Gasteiger charge is -2.21. The third kappa shape index (κ3) is 3.71. The van der Waals surface area contributed by atoms with E-state index < -0.39 is 10.9 Å². The van der Waals surface area contributed by atoms with Crippen molar-refractivity contribution in [3.05, 3.63) is 74.5 Å². The summed E-state index contributed by atoms with van der Waals surface area (Å²) in [5.41, 5.74) is 0.980. The van der Waals surface area contributed by atoms with Crippen LogP contribution in [-0.4, -0.2) is 32.0 Å². The molecule has 6 heteroatoms. The molecule has 2 N–H and O–H groups in total. The summed E-state index contributed by atoms with van der Waals surface area (Å²) in [4.78, 5) is 24.3. The van der Waals surface area contributed by atoms with Crippen LogP contribution in [0.15, 0.2) is 58.1 Å². The van der Waals surface area contributed by atoms with E-state index in [9.17, 15) is 14.7 Å². The molecule has 0 aromatic heterocycles. The van der Waals surface area contributed by atoms with Gasteiger partial charge in [-0.05, 0) is 29.7 Å². The number of anilines is 1. The zero-order valence-electron chi connectivity index (χ0n) is 15.2. The number of benzene rings is 2. The van der Waals surface area contributed by atoms with Crippen molar-refractivity contribution in [3.8, 4) is 22.6 Å². The maximum Gasteiger partial charge on any atom is 0.250 e. The monoisotopic (exact) mass is 367 g/mol. The Morgan fingerprint density at radius 2 is 1.67 bits per heavy atom. The minimum absolute atomic E-state index is 0.168. The molecule has 1 atom stereocenters. The van der Waals surface area contributed by atoms with Crippen molar-refractivity contribution in [3.63, 3.8) is 0 Å². The zero-order valence-corrected chi connectivity index (χ0v) is 15.2. The van der Waals surface area contributed by atoms with Crippen LogP contribution in [0.25, 0.3) is 11.1 Å². The maximum absolute atomic E-state index is 12.2. The average molecular weight is 367 g/mol. The molecule has 0 amide bonds. The molecule has 0 aliphatic rings. The van der Waals surface area contributed by atoms with Crippen LogP contribution in [0.5, 0.6) is 11.5 Å². The molecule has 1 unspecified atom stereocenters. The van der Waals surface area contributed by atoms with Crippen LogP contribution in [0.4, 0.5) is 5.69 Å². The molecule has 6 nitrogen and oxygen atoms in total. The van der Waals surface area contributed by atoms with Gasteiger partial charge in [-0.15, -0.1) is 0 Å². The van der Waals surface area contributed by atoms with Gasteiger partial charge >= 0.3 is 0 Å². The van der Waals surface area contributed by atoms with Crippen LogP contribution in [0.2, 0.25) is 0 Å². The third-order valence-electron chi connectivity index (χ3n) is 4.48. The molecule has 0 saturated heterocycles. The van der Waals surface area contributed by atoms with E-state index in [0.717, 1.165) is 5.56 Å². The van der Waals surface area contributed by atoms with Gasteiger partial charge in [-0.3, -0.25) is 9.59 Å². The van der Waals surface area contributed by atoms with Crippen LogP contribution in [0, 0.1) is 0 Å². The third-order valence-corrected chi connectivity index (χ3v) is 4.48. The molecule has 0 heterocycles. The standard InChI is InChI=1S/C21H21NO5/c1-26-16-9-8-14(11-17(16)27-2)18-19(21(25)20(18)24)22-15(12-23)10-13-6-4-3-5-7-13/h3-9,11,15,22-23H,10,12H2,1-2H3. The lowest BCUT2D eigenvalue weighted by molar-refractivity contribution is 0.273. The molecule has 3 aromatic rings. The van der Waals surface area contributed by atoms with E-state index in [-0.39, 0.29) is 18.3 Å². The van der Waals surface area contributed by atoms with Gasteiger partial charge in [0, 0.05) is 0 Å². The number of nitrogens with one attached hydrogen (secondary N) is 1. The quantitative estimate of drug-likeness (QED) is 0.592. The van der Waals surface area contributed by atoms with E-state index in [0.29, 0.717) is 29.0 Å². The first-order valence-electron chi connectivity index (χ1n) is 8.56. The van der Waals surface area contributed by atoms with Crippen LogP contribution in [0.1, 0.15) is 5.56 Å². The Morgan fingerprint density at radius 3 is 2.30 bits per heavy atom. The van der Waals surface area contributed by atoms with Gasteiger partial charge in [0.05, 0.1) is 38.1 Å². The van der Waals surface area contributed by atoms with E-state index in [1.807, 2.05) is 30.3 Å². The van der Waals surface area contributed by atoms with Crippen molar-refractivity contribution >= 4 is 5.69 Å². The molecule has 0 radical (unpaired) electrons. The Balaban J connectivity index is 1.89. The summed E-state index contributed by atoms with van der Waals surface area (Å²) in [7, 11) is 3.03. The van der Waals surface area contributed by atoms with Crippen molar-refractivity contribution in [1.29, 1.82) is 0 Å². The van der Waals surface area contributed by atoms with Crippen molar-refractivity contribution in [2.75, 3.05) is 26.1 Å². The highest BCUT2D eigenvalue weighted by molar-refractivity contribution is 5.83. The molecule has 0 fully saturated rings. The van der Waals surface area contributed by atoms with Crippen LogP contribution in [0.3, 0.4) is 0 Å². The number of aliphatic hydroxyl groups is 1. The van der Waals surface area contributed by atoms with Gasteiger partial charge in [-0.25, -0.2) is 0 Å². The van der Waals surface area contributed by atoms with E-state index in [1.165, 1.54) is 14.2 Å². The first-order chi connectivity index (χ1) is 13.1. The lowest BCUT2D eigenvalue weighted by atomic mass is 9.97. The highest BCUT2D eigenvalue weighted by Gasteiger charge is 2.25. The van der Waals surface area contributed by atoms with Crippen molar-refractivity contribution < 1.29 is 14.6 Å². The number of aliphatic hydroxyl groups excluding tert-OH is 1. The summed E-state index contributed by atoms with van der Waals surface area (Å²) in [5.74, 6) is 1.00. The fourth-order valence-electron chi connectivity index (χ4n) is 3.06. The first kappa shape index (κ1) is 18.7. The lowest BCUT2D eigenvalue weighted by Crippen LogP contribution is -2.40. The molecule has 0 aliphatic carbocycles. The topological polar surface area (TPSA) is 84.9 Å². The number of methoxy groups -OCH3 is 2. The molecule has 3 rings (SSSR count). The molecule has 0 saturated carbocycles. The van der Waals surface area contributed by atoms with E-state index >= 15 is 0 Å². The maximum atomic E-state index is 12.2. The zero-order chi connectivity index (χ0) is 19.4. The SMILES string of the molecule is COc1ccc(-c2c(NC(CO)Cc3ccccc3)c(=O)c2=O)cc1OC. The number of rotatable bonds is 8. The minimum Gasteiger partial charge on any atom is -0.493 e. The van der Waals surface area contributed by atoms with Gasteiger partial charge in [0.1, 0.15) is 0 Å². The van der Waals surface area contributed by atoms with Gasteiger partial charge in [0.2, 0.25) is 10.9 Å². The predicted octanol–water partition coefficient (Wildman–Crippen LogP) is 1.98. The van der Waals surface area contributed by atoms with Crippen LogP contribution in [-0.2, 0) is 6.42 Å². The van der Waals surface area contributed by atoms with Crippen molar-refractivity contribution in [2.24, 2.45) is 0 Å². The number of hydrogen-bond acceptors (Lipinski definition) is 6. The second-order valence-corrected chi connectivity index (χ2v) is 6.19. The van der Waals surface area contributed by atoms with Gasteiger partial charge < -0.3 is 19.9 Å². The Kier molecular flexibility index (Phi) is 5.57. The largest absolute Gasteiger partial charge is 0.493 e. The second-order valence-electron chi connectivity index (χ2n) is 6.19. The van der Waals surface area contributed by atoms with E-state index in [1.54, 1.807) is 18.2 Å². The Hall–Kier alpha value is -3.12. The van der Waals surface area contributed by atoms with Gasteiger partial charge in [-0.2, -0.15) is 0 Å².